The summed E-state index contributed by atoms with van der Waals surface area (Å²) in [7, 11) is 2.05. The molecule has 0 fully saturated rings. The Hall–Kier alpha value is -1.57. The molecule has 14 heavy (non-hydrogen) atoms. The van der Waals surface area contributed by atoms with Gasteiger partial charge >= 0.3 is 0 Å². The van der Waals surface area contributed by atoms with Crippen molar-refractivity contribution in [1.82, 2.24) is 9.55 Å². The summed E-state index contributed by atoms with van der Waals surface area (Å²) in [4.78, 5) is 4.55. The number of hydrogen-bond donors (Lipinski definition) is 0. The van der Waals surface area contributed by atoms with Gasteiger partial charge in [-0.1, -0.05) is 12.1 Å². The number of aryl methyl sites for hydroxylation is 2. The van der Waals surface area contributed by atoms with Crippen LogP contribution >= 0.6 is 0 Å². The van der Waals surface area contributed by atoms with Crippen molar-refractivity contribution in [2.24, 2.45) is 7.05 Å². The fourth-order valence-corrected chi connectivity index (χ4v) is 1.67. The molecule has 0 aliphatic heterocycles. The van der Waals surface area contributed by atoms with Crippen LogP contribution in [0.15, 0.2) is 30.9 Å². The van der Waals surface area contributed by atoms with Gasteiger partial charge in [-0.25, -0.2) is 4.98 Å². The fourth-order valence-electron chi connectivity index (χ4n) is 1.67. The largest absolute Gasteiger partial charge is 0.331 e. The molecule has 72 valence electrons. The third kappa shape index (κ3) is 1.33. The quantitative estimate of drug-likeness (QED) is 0.659. The highest BCUT2D eigenvalue weighted by Gasteiger charge is 2.05. The zero-order chi connectivity index (χ0) is 10.1. The fraction of sp³-hybridized carbons (Fsp3) is 0.250. The van der Waals surface area contributed by atoms with E-state index in [-0.39, 0.29) is 0 Å². The summed E-state index contributed by atoms with van der Waals surface area (Å²) < 4.78 is 2.12. The number of allylic oxidation sites excluding steroid dienone is 1. The summed E-state index contributed by atoms with van der Waals surface area (Å²) in [6.45, 7) is 5.82. The molecule has 1 aromatic heterocycles. The lowest BCUT2D eigenvalue weighted by Gasteiger charge is -1.98. The first-order valence-electron chi connectivity index (χ1n) is 4.75. The van der Waals surface area contributed by atoms with Gasteiger partial charge in [-0.3, -0.25) is 0 Å². The van der Waals surface area contributed by atoms with Crippen LogP contribution in [-0.4, -0.2) is 9.55 Å². The molecule has 2 nitrogen and oxygen atoms in total. The molecule has 1 aromatic carbocycles. The summed E-state index contributed by atoms with van der Waals surface area (Å²) in [6, 6.07) is 6.34. The molecule has 0 radical (unpaired) electrons. The normalized spacial score (nSPS) is 10.7. The number of hydrogen-bond acceptors (Lipinski definition) is 1. The van der Waals surface area contributed by atoms with E-state index < -0.39 is 0 Å². The van der Waals surface area contributed by atoms with E-state index in [1.54, 1.807) is 0 Å². The average molecular weight is 186 g/mol. The lowest BCUT2D eigenvalue weighted by Crippen LogP contribution is -1.95. The van der Waals surface area contributed by atoms with Gasteiger partial charge in [0.15, 0.2) is 0 Å². The van der Waals surface area contributed by atoms with Crippen LogP contribution in [0, 0.1) is 6.92 Å². The summed E-state index contributed by atoms with van der Waals surface area (Å²) >= 11 is 0. The van der Waals surface area contributed by atoms with Gasteiger partial charge in [-0.05, 0) is 24.6 Å². The van der Waals surface area contributed by atoms with Crippen molar-refractivity contribution in [3.05, 3.63) is 42.2 Å². The van der Waals surface area contributed by atoms with E-state index in [4.69, 9.17) is 0 Å². The van der Waals surface area contributed by atoms with Crippen molar-refractivity contribution < 1.29 is 0 Å². The highest BCUT2D eigenvalue weighted by molar-refractivity contribution is 5.76. The molecular formula is C12H14N2. The number of rotatable bonds is 2. The molecule has 0 atom stereocenters. The van der Waals surface area contributed by atoms with Crippen molar-refractivity contribution in [3.8, 4) is 0 Å². The number of benzene rings is 1. The van der Waals surface area contributed by atoms with E-state index in [1.807, 2.05) is 13.1 Å². The molecule has 0 spiro atoms. The van der Waals surface area contributed by atoms with Crippen LogP contribution in [0.5, 0.6) is 0 Å². The zero-order valence-corrected chi connectivity index (χ0v) is 8.62. The van der Waals surface area contributed by atoms with Crippen molar-refractivity contribution in [2.45, 2.75) is 13.3 Å². The Bertz CT molecular complexity index is 480. The minimum Gasteiger partial charge on any atom is -0.331 e. The molecule has 0 aliphatic rings. The van der Waals surface area contributed by atoms with Crippen LogP contribution in [0.2, 0.25) is 0 Å². The molecule has 0 aliphatic carbocycles. The Kier molecular flexibility index (Phi) is 2.12. The first kappa shape index (κ1) is 9.00. The maximum Gasteiger partial charge on any atom is 0.113 e. The highest BCUT2D eigenvalue weighted by atomic mass is 15.1. The van der Waals surface area contributed by atoms with Crippen LogP contribution in [0.1, 0.15) is 11.4 Å². The summed E-state index contributed by atoms with van der Waals surface area (Å²) in [5, 5.41) is 0. The van der Waals surface area contributed by atoms with E-state index >= 15 is 0 Å². The average Bonchev–Trinajstić information content (AvgIpc) is 2.44. The number of aromatic nitrogens is 2. The minimum absolute atomic E-state index is 0.824. The topological polar surface area (TPSA) is 17.8 Å². The van der Waals surface area contributed by atoms with Gasteiger partial charge in [0.25, 0.3) is 0 Å². The second kappa shape index (κ2) is 3.29. The first-order valence-corrected chi connectivity index (χ1v) is 4.75. The maximum absolute atomic E-state index is 4.55. The predicted molar refractivity (Wildman–Crippen MR) is 59.4 cm³/mol. The van der Waals surface area contributed by atoms with Crippen molar-refractivity contribution in [3.63, 3.8) is 0 Å². The highest BCUT2D eigenvalue weighted by Crippen LogP contribution is 2.16. The lowest BCUT2D eigenvalue weighted by atomic mass is 10.2. The maximum atomic E-state index is 4.55. The SMILES string of the molecule is C=CCc1nc2cc(C)ccc2n1C. The molecule has 0 unspecified atom stereocenters. The molecule has 0 saturated heterocycles. The van der Waals surface area contributed by atoms with Gasteiger partial charge < -0.3 is 4.57 Å². The zero-order valence-electron chi connectivity index (χ0n) is 8.62. The number of nitrogens with zero attached hydrogens (tertiary/aromatic N) is 2. The second-order valence-electron chi connectivity index (χ2n) is 3.57. The summed E-state index contributed by atoms with van der Waals surface area (Å²) in [5.41, 5.74) is 3.51. The minimum atomic E-state index is 0.824. The molecular weight excluding hydrogens is 172 g/mol. The van der Waals surface area contributed by atoms with Gasteiger partial charge in [-0.2, -0.15) is 0 Å². The molecule has 2 heteroatoms. The standard InChI is InChI=1S/C12H14N2/c1-4-5-12-13-10-8-9(2)6-7-11(10)14(12)3/h4,6-8H,1,5H2,2-3H3. The molecule has 2 aromatic rings. The van der Waals surface area contributed by atoms with Crippen LogP contribution < -0.4 is 0 Å². The summed E-state index contributed by atoms with van der Waals surface area (Å²) in [5.74, 6) is 1.07. The Morgan fingerprint density at radius 2 is 2.29 bits per heavy atom. The number of imidazole rings is 1. The second-order valence-corrected chi connectivity index (χ2v) is 3.57. The molecule has 2 rings (SSSR count). The van der Waals surface area contributed by atoms with E-state index in [0.29, 0.717) is 0 Å². The Labute approximate surface area is 83.9 Å². The Balaban J connectivity index is 2.66. The third-order valence-electron chi connectivity index (χ3n) is 2.46. The molecule has 0 saturated carbocycles. The van der Waals surface area contributed by atoms with Gasteiger partial charge in [0.2, 0.25) is 0 Å². The monoisotopic (exact) mass is 186 g/mol. The lowest BCUT2D eigenvalue weighted by molar-refractivity contribution is 0.854. The third-order valence-corrected chi connectivity index (χ3v) is 2.46. The molecule has 1 heterocycles. The molecule has 0 bridgehead atoms. The van der Waals surface area contributed by atoms with Crippen molar-refractivity contribution in [1.29, 1.82) is 0 Å². The van der Waals surface area contributed by atoms with E-state index in [2.05, 4.69) is 41.3 Å². The predicted octanol–water partition coefficient (Wildman–Crippen LogP) is 2.61. The molecule has 0 N–H and O–H groups in total. The van der Waals surface area contributed by atoms with E-state index in [1.165, 1.54) is 11.1 Å². The smallest absolute Gasteiger partial charge is 0.113 e. The van der Waals surface area contributed by atoms with Gasteiger partial charge in [-0.15, -0.1) is 6.58 Å². The van der Waals surface area contributed by atoms with Crippen LogP contribution in [0.25, 0.3) is 11.0 Å². The van der Waals surface area contributed by atoms with Crippen molar-refractivity contribution in [2.75, 3.05) is 0 Å². The number of fused-ring (bicyclic) bond motifs is 1. The Morgan fingerprint density at radius 1 is 1.50 bits per heavy atom. The van der Waals surface area contributed by atoms with Gasteiger partial charge in [0.05, 0.1) is 11.0 Å². The first-order chi connectivity index (χ1) is 6.72. The Morgan fingerprint density at radius 3 is 3.00 bits per heavy atom. The van der Waals surface area contributed by atoms with Crippen LogP contribution in [0.3, 0.4) is 0 Å². The van der Waals surface area contributed by atoms with Crippen molar-refractivity contribution >= 4 is 11.0 Å². The van der Waals surface area contributed by atoms with Crippen LogP contribution in [0.4, 0.5) is 0 Å². The van der Waals surface area contributed by atoms with Gasteiger partial charge in [0, 0.05) is 13.5 Å². The van der Waals surface area contributed by atoms with Gasteiger partial charge in [0.1, 0.15) is 5.82 Å². The van der Waals surface area contributed by atoms with E-state index in [9.17, 15) is 0 Å². The van der Waals surface area contributed by atoms with Crippen LogP contribution in [-0.2, 0) is 13.5 Å². The molecule has 0 amide bonds. The van der Waals surface area contributed by atoms with E-state index in [0.717, 1.165) is 17.8 Å². The summed E-state index contributed by atoms with van der Waals surface area (Å²) in [6.07, 6.45) is 2.71.